The zero-order valence-electron chi connectivity index (χ0n) is 14.3. The maximum atomic E-state index is 12.8. The highest BCUT2D eigenvalue weighted by molar-refractivity contribution is 5.94. The van der Waals surface area contributed by atoms with Crippen LogP contribution in [0.3, 0.4) is 0 Å². The van der Waals surface area contributed by atoms with Gasteiger partial charge in [-0.05, 0) is 37.8 Å². The molecule has 0 aromatic carbocycles. The quantitative estimate of drug-likeness (QED) is 0.855. The van der Waals surface area contributed by atoms with Crippen molar-refractivity contribution in [3.05, 3.63) is 45.5 Å². The van der Waals surface area contributed by atoms with E-state index in [1.54, 1.807) is 22.6 Å². The summed E-state index contributed by atoms with van der Waals surface area (Å²) < 4.78 is 6.38. The Morgan fingerprint density at radius 1 is 1.38 bits per heavy atom. The number of aryl methyl sites for hydroxylation is 1. The molecule has 7 heteroatoms. The molecule has 3 rings (SSSR count). The highest BCUT2D eigenvalue weighted by Crippen LogP contribution is 2.26. The molecule has 0 unspecified atom stereocenters. The number of carbonyl (C=O) groups excluding carboxylic acids is 1. The van der Waals surface area contributed by atoms with Crippen LogP contribution in [0, 0.1) is 6.92 Å². The summed E-state index contributed by atoms with van der Waals surface area (Å²) in [4.78, 5) is 31.1. The molecule has 0 N–H and O–H groups in total. The number of likely N-dealkylation sites (tertiary alicyclic amines) is 1. The van der Waals surface area contributed by atoms with Gasteiger partial charge in [0.2, 0.25) is 6.39 Å². The third-order valence-electron chi connectivity index (χ3n) is 4.85. The summed E-state index contributed by atoms with van der Waals surface area (Å²) in [6.45, 7) is 5.13. The van der Waals surface area contributed by atoms with E-state index >= 15 is 0 Å². The molecule has 1 aliphatic heterocycles. The molecule has 1 fully saturated rings. The van der Waals surface area contributed by atoms with Crippen molar-refractivity contribution in [1.29, 1.82) is 0 Å². The molecule has 0 aliphatic carbocycles. The Bertz CT molecular complexity index is 787. The summed E-state index contributed by atoms with van der Waals surface area (Å²) in [5.41, 5.74) is 1.98. The van der Waals surface area contributed by atoms with Crippen molar-refractivity contribution < 1.29 is 9.32 Å². The second-order valence-corrected chi connectivity index (χ2v) is 6.26. The summed E-state index contributed by atoms with van der Waals surface area (Å²) >= 11 is 0. The van der Waals surface area contributed by atoms with Crippen LogP contribution in [-0.2, 0) is 13.5 Å². The first-order valence-corrected chi connectivity index (χ1v) is 8.28. The van der Waals surface area contributed by atoms with Crippen LogP contribution >= 0.6 is 0 Å². The van der Waals surface area contributed by atoms with Crippen LogP contribution < -0.4 is 5.56 Å². The van der Waals surface area contributed by atoms with Gasteiger partial charge in [-0.3, -0.25) is 9.59 Å². The molecule has 1 aliphatic rings. The number of hydrogen-bond donors (Lipinski definition) is 0. The van der Waals surface area contributed by atoms with Gasteiger partial charge in [-0.25, -0.2) is 0 Å². The summed E-state index contributed by atoms with van der Waals surface area (Å²) in [6.07, 6.45) is 3.64. The van der Waals surface area contributed by atoms with E-state index in [-0.39, 0.29) is 22.9 Å². The molecule has 2 aromatic rings. The van der Waals surface area contributed by atoms with Crippen molar-refractivity contribution in [2.45, 2.75) is 39.0 Å². The maximum Gasteiger partial charge on any atom is 0.263 e. The Labute approximate surface area is 140 Å². The lowest BCUT2D eigenvalue weighted by Gasteiger charge is -2.30. The van der Waals surface area contributed by atoms with Crippen LogP contribution in [0.25, 0.3) is 0 Å². The molecule has 0 spiro atoms. The fourth-order valence-electron chi connectivity index (χ4n) is 3.47. The molecule has 0 saturated carbocycles. The zero-order chi connectivity index (χ0) is 17.3. The predicted octanol–water partition coefficient (Wildman–Crippen LogP) is 1.66. The van der Waals surface area contributed by atoms with E-state index in [1.807, 2.05) is 13.8 Å². The minimum absolute atomic E-state index is 0.187. The van der Waals surface area contributed by atoms with Crippen LogP contribution in [0.15, 0.2) is 21.8 Å². The van der Waals surface area contributed by atoms with Crippen LogP contribution in [0.4, 0.5) is 0 Å². The molecule has 1 saturated heterocycles. The SMILES string of the molecule is CCc1c(C)cc(C(=O)N2CCC(c3ncon3)CC2)c(=O)n1C. The van der Waals surface area contributed by atoms with Crippen molar-refractivity contribution in [3.8, 4) is 0 Å². The third-order valence-corrected chi connectivity index (χ3v) is 4.85. The van der Waals surface area contributed by atoms with E-state index in [0.29, 0.717) is 18.9 Å². The third kappa shape index (κ3) is 2.86. The lowest BCUT2D eigenvalue weighted by Crippen LogP contribution is -2.41. The zero-order valence-corrected chi connectivity index (χ0v) is 14.3. The smallest absolute Gasteiger partial charge is 0.263 e. The Morgan fingerprint density at radius 3 is 2.67 bits per heavy atom. The van der Waals surface area contributed by atoms with Gasteiger partial charge in [0.05, 0.1) is 0 Å². The van der Waals surface area contributed by atoms with Crippen LogP contribution in [0.2, 0.25) is 0 Å². The largest absolute Gasteiger partial charge is 0.343 e. The fraction of sp³-hybridized carbons (Fsp3) is 0.529. The molecular weight excluding hydrogens is 308 g/mol. The Morgan fingerprint density at radius 2 is 2.08 bits per heavy atom. The van der Waals surface area contributed by atoms with Crippen molar-refractivity contribution >= 4 is 5.91 Å². The van der Waals surface area contributed by atoms with E-state index in [9.17, 15) is 9.59 Å². The molecule has 3 heterocycles. The number of carbonyl (C=O) groups is 1. The second kappa shape index (κ2) is 6.59. The van der Waals surface area contributed by atoms with Crippen LogP contribution in [0.1, 0.15) is 53.1 Å². The topological polar surface area (TPSA) is 81.2 Å². The first-order chi connectivity index (χ1) is 11.5. The molecule has 128 valence electrons. The molecule has 7 nitrogen and oxygen atoms in total. The number of hydrogen-bond acceptors (Lipinski definition) is 5. The summed E-state index contributed by atoms with van der Waals surface area (Å²) in [5, 5.41) is 3.88. The number of piperidine rings is 1. The summed E-state index contributed by atoms with van der Waals surface area (Å²) in [5.74, 6) is 0.717. The van der Waals surface area contributed by atoms with Gasteiger partial charge in [-0.1, -0.05) is 12.1 Å². The first kappa shape index (κ1) is 16.4. The lowest BCUT2D eigenvalue weighted by atomic mass is 9.95. The van der Waals surface area contributed by atoms with Gasteiger partial charge < -0.3 is 14.0 Å². The predicted molar refractivity (Wildman–Crippen MR) is 88.0 cm³/mol. The minimum atomic E-state index is -0.220. The number of amides is 1. The van der Waals surface area contributed by atoms with Gasteiger partial charge >= 0.3 is 0 Å². The van der Waals surface area contributed by atoms with Gasteiger partial charge in [0.25, 0.3) is 11.5 Å². The van der Waals surface area contributed by atoms with Crippen molar-refractivity contribution in [2.24, 2.45) is 7.05 Å². The van der Waals surface area contributed by atoms with Gasteiger partial charge in [-0.15, -0.1) is 0 Å². The molecule has 1 amide bonds. The molecular formula is C17H22N4O3. The van der Waals surface area contributed by atoms with E-state index < -0.39 is 0 Å². The highest BCUT2D eigenvalue weighted by Gasteiger charge is 2.28. The van der Waals surface area contributed by atoms with Gasteiger partial charge in [0.15, 0.2) is 5.82 Å². The van der Waals surface area contributed by atoms with Gasteiger partial charge in [0, 0.05) is 31.7 Å². The lowest BCUT2D eigenvalue weighted by molar-refractivity contribution is 0.0708. The Kier molecular flexibility index (Phi) is 4.51. The van der Waals surface area contributed by atoms with Crippen LogP contribution in [0.5, 0.6) is 0 Å². The number of nitrogens with zero attached hydrogens (tertiary/aromatic N) is 4. The molecule has 0 bridgehead atoms. The van der Waals surface area contributed by atoms with Crippen LogP contribution in [-0.4, -0.2) is 38.6 Å². The van der Waals surface area contributed by atoms with E-state index in [1.165, 1.54) is 6.39 Å². The fourth-order valence-corrected chi connectivity index (χ4v) is 3.47. The van der Waals surface area contributed by atoms with E-state index in [4.69, 9.17) is 4.52 Å². The Hall–Kier alpha value is -2.44. The van der Waals surface area contributed by atoms with Crippen molar-refractivity contribution in [2.75, 3.05) is 13.1 Å². The molecule has 24 heavy (non-hydrogen) atoms. The molecule has 0 atom stereocenters. The average molecular weight is 330 g/mol. The van der Waals surface area contributed by atoms with Gasteiger partial charge in [0.1, 0.15) is 5.56 Å². The average Bonchev–Trinajstić information content (AvgIpc) is 3.13. The highest BCUT2D eigenvalue weighted by atomic mass is 16.5. The first-order valence-electron chi connectivity index (χ1n) is 8.28. The monoisotopic (exact) mass is 330 g/mol. The maximum absolute atomic E-state index is 12.8. The molecule has 2 aromatic heterocycles. The van der Waals surface area contributed by atoms with Gasteiger partial charge in [-0.2, -0.15) is 4.98 Å². The van der Waals surface area contributed by atoms with Crippen molar-refractivity contribution in [1.82, 2.24) is 19.6 Å². The second-order valence-electron chi connectivity index (χ2n) is 6.26. The van der Waals surface area contributed by atoms with E-state index in [2.05, 4.69) is 10.1 Å². The Balaban J connectivity index is 1.78. The normalized spacial score (nSPS) is 15.7. The number of aromatic nitrogens is 3. The summed E-state index contributed by atoms with van der Waals surface area (Å²) in [7, 11) is 1.73. The van der Waals surface area contributed by atoms with E-state index in [0.717, 1.165) is 30.5 Å². The molecule has 0 radical (unpaired) electrons. The number of rotatable bonds is 3. The minimum Gasteiger partial charge on any atom is -0.343 e. The number of pyridine rings is 1. The van der Waals surface area contributed by atoms with Crippen molar-refractivity contribution in [3.63, 3.8) is 0 Å². The summed E-state index contributed by atoms with van der Waals surface area (Å²) in [6, 6.07) is 1.73. The standard InChI is InChI=1S/C17H22N4O3/c1-4-14-11(2)9-13(16(22)20(14)3)17(23)21-7-5-12(6-8-21)15-18-10-24-19-15/h9-10,12H,4-8H2,1-3H3.